The van der Waals surface area contributed by atoms with E-state index in [1.165, 1.54) is 39.0 Å². The van der Waals surface area contributed by atoms with Gasteiger partial charge in [-0.15, -0.1) is 0 Å². The fraction of sp³-hybridized carbons (Fsp3) is 0.0714. The largest absolute Gasteiger partial charge is 0.0986 e. The molecule has 1 aliphatic rings. The Morgan fingerprint density at radius 2 is 0.929 bits per heavy atom. The van der Waals surface area contributed by atoms with E-state index in [2.05, 4.69) is 116 Å². The second-order valence-corrected chi connectivity index (χ2v) is 7.58. The van der Waals surface area contributed by atoms with Crippen LogP contribution < -0.4 is 0 Å². The van der Waals surface area contributed by atoms with Crippen molar-refractivity contribution in [2.45, 2.75) is 11.8 Å². The molecule has 4 aromatic rings. The highest BCUT2D eigenvalue weighted by Crippen LogP contribution is 2.58. The Morgan fingerprint density at radius 3 is 1.36 bits per heavy atom. The van der Waals surface area contributed by atoms with Crippen LogP contribution in [0.25, 0.3) is 22.3 Å². The van der Waals surface area contributed by atoms with Gasteiger partial charge in [0.05, 0.1) is 0 Å². The van der Waals surface area contributed by atoms with Crippen LogP contribution in [-0.4, -0.2) is 0 Å². The molecule has 0 aromatic heterocycles. The van der Waals surface area contributed by atoms with Crippen molar-refractivity contribution in [3.8, 4) is 22.3 Å². The quantitative estimate of drug-likeness (QED) is 0.337. The Morgan fingerprint density at radius 1 is 0.500 bits per heavy atom. The van der Waals surface area contributed by atoms with Crippen LogP contribution in [0.3, 0.4) is 0 Å². The van der Waals surface area contributed by atoms with E-state index in [4.69, 9.17) is 0 Å². The van der Waals surface area contributed by atoms with Gasteiger partial charge < -0.3 is 0 Å². The van der Waals surface area contributed by atoms with E-state index in [0.717, 1.165) is 6.42 Å². The van der Waals surface area contributed by atoms with Crippen LogP contribution in [0.5, 0.6) is 0 Å². The summed E-state index contributed by atoms with van der Waals surface area (Å²) in [5.74, 6) is 0. The molecule has 1 atom stereocenters. The molecule has 134 valence electrons. The van der Waals surface area contributed by atoms with E-state index in [-0.39, 0.29) is 5.41 Å². The number of hydrogen-bond donors (Lipinski definition) is 0. The summed E-state index contributed by atoms with van der Waals surface area (Å²) >= 11 is 0. The summed E-state index contributed by atoms with van der Waals surface area (Å²) in [7, 11) is 0. The highest BCUT2D eigenvalue weighted by atomic mass is 14.5. The van der Waals surface area contributed by atoms with Gasteiger partial charge in [0.1, 0.15) is 0 Å². The molecule has 0 heterocycles. The van der Waals surface area contributed by atoms with Crippen molar-refractivity contribution >= 4 is 0 Å². The molecule has 1 aliphatic carbocycles. The average molecular weight is 358 g/mol. The zero-order valence-corrected chi connectivity index (χ0v) is 15.8. The highest BCUT2D eigenvalue weighted by Gasteiger charge is 2.50. The summed E-state index contributed by atoms with van der Waals surface area (Å²) in [5, 5.41) is 0. The van der Waals surface area contributed by atoms with Gasteiger partial charge in [0.15, 0.2) is 0 Å². The first-order chi connectivity index (χ1) is 13.8. The normalized spacial score (nSPS) is 18.1. The van der Waals surface area contributed by atoms with Gasteiger partial charge in [0.25, 0.3) is 0 Å². The van der Waals surface area contributed by atoms with Gasteiger partial charge in [0.2, 0.25) is 0 Å². The lowest BCUT2D eigenvalue weighted by Gasteiger charge is -2.19. The van der Waals surface area contributed by atoms with Gasteiger partial charge in [0, 0.05) is 5.41 Å². The number of hydrogen-bond acceptors (Lipinski definition) is 0. The van der Waals surface area contributed by atoms with Gasteiger partial charge in [-0.3, -0.25) is 0 Å². The van der Waals surface area contributed by atoms with Crippen molar-refractivity contribution in [3.63, 3.8) is 0 Å². The van der Waals surface area contributed by atoms with Crippen LogP contribution in [0.15, 0.2) is 121 Å². The number of allylic oxidation sites excluding steroid dienone is 1. The molecular formula is C28H22. The molecule has 0 radical (unpaired) electrons. The van der Waals surface area contributed by atoms with E-state index in [1.807, 2.05) is 0 Å². The zero-order valence-electron chi connectivity index (χ0n) is 15.8. The maximum atomic E-state index is 4.38. The van der Waals surface area contributed by atoms with Crippen molar-refractivity contribution in [2.24, 2.45) is 0 Å². The van der Waals surface area contributed by atoms with Crippen LogP contribution in [0, 0.1) is 0 Å². The molecule has 0 spiro atoms. The molecule has 28 heavy (non-hydrogen) atoms. The minimum atomic E-state index is -0.0599. The third-order valence-electron chi connectivity index (χ3n) is 5.86. The minimum absolute atomic E-state index is 0.0599. The molecule has 0 N–H and O–H groups in total. The third-order valence-corrected chi connectivity index (χ3v) is 5.86. The molecule has 0 bridgehead atoms. The maximum absolute atomic E-state index is 4.38. The Bertz CT molecular complexity index is 1070. The van der Waals surface area contributed by atoms with Crippen molar-refractivity contribution in [1.29, 1.82) is 0 Å². The molecule has 0 aliphatic heterocycles. The smallest absolute Gasteiger partial charge is 0.0446 e. The maximum Gasteiger partial charge on any atom is 0.0446 e. The summed E-state index contributed by atoms with van der Waals surface area (Å²) in [6, 6.07) is 39.1. The van der Waals surface area contributed by atoms with Crippen molar-refractivity contribution < 1.29 is 0 Å². The average Bonchev–Trinajstić information content (AvgIpc) is 3.47. The Kier molecular flexibility index (Phi) is 3.98. The van der Waals surface area contributed by atoms with Crippen LogP contribution >= 0.6 is 0 Å². The van der Waals surface area contributed by atoms with E-state index in [1.54, 1.807) is 0 Å². The van der Waals surface area contributed by atoms with E-state index in [9.17, 15) is 0 Å². The topological polar surface area (TPSA) is 0 Å². The second-order valence-electron chi connectivity index (χ2n) is 7.58. The molecule has 0 saturated heterocycles. The summed E-state index contributed by atoms with van der Waals surface area (Å²) < 4.78 is 0. The lowest BCUT2D eigenvalue weighted by molar-refractivity contribution is 0.882. The predicted octanol–water partition coefficient (Wildman–Crippen LogP) is 7.27. The van der Waals surface area contributed by atoms with E-state index >= 15 is 0 Å². The first kappa shape index (κ1) is 16.8. The molecule has 1 saturated carbocycles. The fourth-order valence-corrected chi connectivity index (χ4v) is 4.25. The lowest BCUT2D eigenvalue weighted by atomic mass is 9.83. The molecule has 0 nitrogen and oxygen atoms in total. The molecule has 5 rings (SSSR count). The molecular weight excluding hydrogens is 336 g/mol. The van der Waals surface area contributed by atoms with Crippen molar-refractivity contribution in [2.75, 3.05) is 0 Å². The van der Waals surface area contributed by atoms with Crippen molar-refractivity contribution in [1.82, 2.24) is 0 Å². The Labute approximate surface area is 166 Å². The molecule has 0 amide bonds. The van der Waals surface area contributed by atoms with Crippen LogP contribution in [0.4, 0.5) is 0 Å². The van der Waals surface area contributed by atoms with Gasteiger partial charge >= 0.3 is 0 Å². The SMILES string of the molecule is C=C1CC1(c1ccccc1)c1cc(-c2ccccc2)cc(-c2ccccc2)c1. The standard InChI is InChI=1S/C28H22/c1-21-20-28(21,26-15-9-4-10-16-26)27-18-24(22-11-5-2-6-12-22)17-25(19-27)23-13-7-3-8-14-23/h2-19H,1,20H2. The minimum Gasteiger partial charge on any atom is -0.0986 e. The summed E-state index contributed by atoms with van der Waals surface area (Å²) in [5.41, 5.74) is 8.91. The van der Waals surface area contributed by atoms with E-state index < -0.39 is 0 Å². The van der Waals surface area contributed by atoms with Gasteiger partial charge in [-0.05, 0) is 58.0 Å². The van der Waals surface area contributed by atoms with Crippen LogP contribution in [-0.2, 0) is 5.41 Å². The van der Waals surface area contributed by atoms with Gasteiger partial charge in [-0.25, -0.2) is 0 Å². The van der Waals surface area contributed by atoms with Crippen molar-refractivity contribution in [3.05, 3.63) is 132 Å². The summed E-state index contributed by atoms with van der Waals surface area (Å²) in [6.07, 6.45) is 1.02. The lowest BCUT2D eigenvalue weighted by Crippen LogP contribution is -2.09. The fourth-order valence-electron chi connectivity index (χ4n) is 4.25. The first-order valence-corrected chi connectivity index (χ1v) is 9.77. The van der Waals surface area contributed by atoms with Crippen LogP contribution in [0.2, 0.25) is 0 Å². The molecule has 4 aromatic carbocycles. The zero-order chi connectivity index (χ0) is 19.0. The Balaban J connectivity index is 1.73. The van der Waals surface area contributed by atoms with Crippen LogP contribution in [0.1, 0.15) is 17.5 Å². The molecule has 1 fully saturated rings. The number of benzene rings is 4. The first-order valence-electron chi connectivity index (χ1n) is 9.77. The molecule has 0 heteroatoms. The molecule has 1 unspecified atom stereocenters. The third kappa shape index (κ3) is 2.78. The van der Waals surface area contributed by atoms with Gasteiger partial charge in [-0.1, -0.05) is 103 Å². The second kappa shape index (κ2) is 6.65. The van der Waals surface area contributed by atoms with E-state index in [0.29, 0.717) is 0 Å². The van der Waals surface area contributed by atoms with Gasteiger partial charge in [-0.2, -0.15) is 0 Å². The summed E-state index contributed by atoms with van der Waals surface area (Å²) in [6.45, 7) is 4.38. The summed E-state index contributed by atoms with van der Waals surface area (Å²) in [4.78, 5) is 0. The number of rotatable bonds is 4. The highest BCUT2D eigenvalue weighted by molar-refractivity contribution is 5.77. The monoisotopic (exact) mass is 358 g/mol. The predicted molar refractivity (Wildman–Crippen MR) is 118 cm³/mol. The Hall–Kier alpha value is -3.38.